The highest BCUT2D eigenvalue weighted by Crippen LogP contribution is 2.31. The van der Waals surface area contributed by atoms with E-state index < -0.39 is 0 Å². The fourth-order valence-corrected chi connectivity index (χ4v) is 3.23. The zero-order valence-electron chi connectivity index (χ0n) is 14.3. The molecule has 0 atom stereocenters. The van der Waals surface area contributed by atoms with Crippen LogP contribution < -0.4 is 0 Å². The van der Waals surface area contributed by atoms with Crippen LogP contribution in [-0.4, -0.2) is 0 Å². The van der Waals surface area contributed by atoms with Crippen LogP contribution in [0.1, 0.15) is 69.9 Å². The maximum atomic E-state index is 3.25. The molecule has 22 heavy (non-hydrogen) atoms. The van der Waals surface area contributed by atoms with E-state index in [1.807, 2.05) is 0 Å². The molecule has 1 aromatic rings. The molecule has 0 N–H and O–H groups in total. The number of unbranched alkanes of at least 4 members (excludes halogenated alkanes) is 1. The van der Waals surface area contributed by atoms with Gasteiger partial charge in [0, 0.05) is 5.56 Å². The number of aryl methyl sites for hydroxylation is 1. The van der Waals surface area contributed by atoms with Crippen LogP contribution in [-0.2, 0) is 6.42 Å². The Labute approximate surface area is 137 Å². The summed E-state index contributed by atoms with van der Waals surface area (Å²) in [6.45, 7) is 4.56. The minimum atomic E-state index is 0.758. The topological polar surface area (TPSA) is 0 Å². The summed E-state index contributed by atoms with van der Waals surface area (Å²) in [5.74, 6) is 8.19. The predicted octanol–water partition coefficient (Wildman–Crippen LogP) is 6.15. The molecule has 1 saturated carbocycles. The molecule has 0 spiro atoms. The van der Waals surface area contributed by atoms with Crippen LogP contribution in [0, 0.1) is 23.7 Å². The Morgan fingerprint density at radius 2 is 1.77 bits per heavy atom. The minimum absolute atomic E-state index is 0.758. The molecule has 1 aromatic carbocycles. The fraction of sp³-hybridized carbons (Fsp3) is 0.545. The quantitative estimate of drug-likeness (QED) is 0.571. The van der Waals surface area contributed by atoms with Gasteiger partial charge < -0.3 is 0 Å². The Morgan fingerprint density at radius 1 is 1.05 bits per heavy atom. The molecule has 0 heterocycles. The summed E-state index contributed by atoms with van der Waals surface area (Å²) in [5, 5.41) is 0. The van der Waals surface area contributed by atoms with Gasteiger partial charge in [0.05, 0.1) is 0 Å². The van der Waals surface area contributed by atoms with E-state index in [9.17, 15) is 0 Å². The molecule has 1 aliphatic rings. The molecule has 0 unspecified atom stereocenters. The molecular formula is C22H30. The van der Waals surface area contributed by atoms with Gasteiger partial charge in [-0.15, -0.1) is 0 Å². The van der Waals surface area contributed by atoms with Crippen LogP contribution in [0.4, 0.5) is 0 Å². The third-order valence-corrected chi connectivity index (χ3v) is 4.91. The molecular weight excluding hydrogens is 264 g/mol. The third-order valence-electron chi connectivity index (χ3n) is 4.91. The van der Waals surface area contributed by atoms with Gasteiger partial charge in [-0.05, 0) is 74.1 Å². The smallest absolute Gasteiger partial charge is 0.0249 e. The molecule has 1 fully saturated rings. The van der Waals surface area contributed by atoms with Gasteiger partial charge in [-0.2, -0.15) is 0 Å². The minimum Gasteiger partial charge on any atom is -0.0730 e. The van der Waals surface area contributed by atoms with Crippen molar-refractivity contribution in [1.29, 1.82) is 0 Å². The SMILES string of the molecule is CCCCc1ccc(C#C/C=C/[C@H]2CC[C@H](CC)CC2)cc1. The van der Waals surface area contributed by atoms with Crippen molar-refractivity contribution < 1.29 is 0 Å². The van der Waals surface area contributed by atoms with E-state index in [2.05, 4.69) is 62.1 Å². The van der Waals surface area contributed by atoms with E-state index in [0.29, 0.717) is 0 Å². The van der Waals surface area contributed by atoms with Crippen molar-refractivity contribution in [3.05, 3.63) is 47.5 Å². The average Bonchev–Trinajstić information content (AvgIpc) is 2.58. The fourth-order valence-electron chi connectivity index (χ4n) is 3.23. The van der Waals surface area contributed by atoms with Crippen molar-refractivity contribution in [3.8, 4) is 11.8 Å². The van der Waals surface area contributed by atoms with Gasteiger partial charge in [-0.25, -0.2) is 0 Å². The largest absolute Gasteiger partial charge is 0.0730 e. The van der Waals surface area contributed by atoms with Crippen LogP contribution in [0.5, 0.6) is 0 Å². The van der Waals surface area contributed by atoms with Crippen LogP contribution in [0.15, 0.2) is 36.4 Å². The molecule has 0 saturated heterocycles. The molecule has 0 nitrogen and oxygen atoms in total. The summed E-state index contributed by atoms with van der Waals surface area (Å²) < 4.78 is 0. The number of rotatable bonds is 5. The van der Waals surface area contributed by atoms with Gasteiger partial charge in [0.25, 0.3) is 0 Å². The van der Waals surface area contributed by atoms with E-state index in [1.165, 1.54) is 56.9 Å². The van der Waals surface area contributed by atoms with Crippen molar-refractivity contribution in [2.45, 2.75) is 65.2 Å². The van der Waals surface area contributed by atoms with Crippen molar-refractivity contribution in [1.82, 2.24) is 0 Å². The highest BCUT2D eigenvalue weighted by Gasteiger charge is 2.17. The molecule has 0 aliphatic heterocycles. The molecule has 2 rings (SSSR count). The second-order valence-corrected chi connectivity index (χ2v) is 6.62. The highest BCUT2D eigenvalue weighted by molar-refractivity contribution is 5.38. The van der Waals surface area contributed by atoms with E-state index in [0.717, 1.165) is 17.4 Å². The van der Waals surface area contributed by atoms with Gasteiger partial charge in [0.1, 0.15) is 0 Å². The van der Waals surface area contributed by atoms with Crippen LogP contribution in [0.3, 0.4) is 0 Å². The first-order chi connectivity index (χ1) is 10.8. The monoisotopic (exact) mass is 294 g/mol. The van der Waals surface area contributed by atoms with Crippen molar-refractivity contribution in [3.63, 3.8) is 0 Å². The van der Waals surface area contributed by atoms with Crippen LogP contribution >= 0.6 is 0 Å². The Kier molecular flexibility index (Phi) is 7.31. The zero-order chi connectivity index (χ0) is 15.6. The standard InChI is InChI=1S/C22H30/c1-3-5-8-20-15-17-22(18-16-20)10-7-6-9-21-13-11-19(4-2)12-14-21/h6,9,15-19,21H,3-5,8,11-14H2,1-2H3/b9-6+/t19-,21-. The predicted molar refractivity (Wildman–Crippen MR) is 96.8 cm³/mol. The average molecular weight is 294 g/mol. The first-order valence-corrected chi connectivity index (χ1v) is 9.09. The highest BCUT2D eigenvalue weighted by atomic mass is 14.2. The normalized spacial score (nSPS) is 21.5. The number of hydrogen-bond acceptors (Lipinski definition) is 0. The van der Waals surface area contributed by atoms with E-state index in [1.54, 1.807) is 0 Å². The lowest BCUT2D eigenvalue weighted by Crippen LogP contribution is -2.11. The van der Waals surface area contributed by atoms with Gasteiger partial charge >= 0.3 is 0 Å². The lowest BCUT2D eigenvalue weighted by atomic mass is 9.81. The lowest BCUT2D eigenvalue weighted by molar-refractivity contribution is 0.304. The second kappa shape index (κ2) is 9.52. The maximum absolute atomic E-state index is 3.25. The van der Waals surface area contributed by atoms with E-state index in [-0.39, 0.29) is 0 Å². The van der Waals surface area contributed by atoms with Gasteiger partial charge in [0.15, 0.2) is 0 Å². The molecule has 0 amide bonds. The van der Waals surface area contributed by atoms with Crippen LogP contribution in [0.25, 0.3) is 0 Å². The lowest BCUT2D eigenvalue weighted by Gasteiger charge is -2.25. The first-order valence-electron chi connectivity index (χ1n) is 9.09. The summed E-state index contributed by atoms with van der Waals surface area (Å²) in [5.41, 5.74) is 2.55. The molecule has 0 heteroatoms. The van der Waals surface area contributed by atoms with E-state index >= 15 is 0 Å². The molecule has 1 aliphatic carbocycles. The molecule has 0 aromatic heterocycles. The maximum Gasteiger partial charge on any atom is 0.0249 e. The Bertz CT molecular complexity index is 501. The second-order valence-electron chi connectivity index (χ2n) is 6.62. The van der Waals surface area contributed by atoms with E-state index in [4.69, 9.17) is 0 Å². The Hall–Kier alpha value is -1.48. The van der Waals surface area contributed by atoms with Gasteiger partial charge in [-0.3, -0.25) is 0 Å². The van der Waals surface area contributed by atoms with Gasteiger partial charge in [0.2, 0.25) is 0 Å². The van der Waals surface area contributed by atoms with Crippen LogP contribution in [0.2, 0.25) is 0 Å². The number of hydrogen-bond donors (Lipinski definition) is 0. The number of allylic oxidation sites excluding steroid dienone is 2. The number of benzene rings is 1. The molecule has 118 valence electrons. The summed E-state index contributed by atoms with van der Waals surface area (Å²) in [4.78, 5) is 0. The summed E-state index contributed by atoms with van der Waals surface area (Å²) in [6, 6.07) is 8.74. The first kappa shape index (κ1) is 16.9. The summed E-state index contributed by atoms with van der Waals surface area (Å²) >= 11 is 0. The van der Waals surface area contributed by atoms with Gasteiger partial charge in [-0.1, -0.05) is 56.7 Å². The van der Waals surface area contributed by atoms with Crippen molar-refractivity contribution in [2.75, 3.05) is 0 Å². The Balaban J connectivity index is 1.79. The Morgan fingerprint density at radius 3 is 2.41 bits per heavy atom. The third kappa shape index (κ3) is 5.72. The molecule has 0 bridgehead atoms. The summed E-state index contributed by atoms with van der Waals surface area (Å²) in [6.07, 6.45) is 15.0. The van der Waals surface area contributed by atoms with Crippen molar-refractivity contribution in [2.24, 2.45) is 11.8 Å². The summed E-state index contributed by atoms with van der Waals surface area (Å²) in [7, 11) is 0. The van der Waals surface area contributed by atoms with Crippen molar-refractivity contribution >= 4 is 0 Å². The molecule has 0 radical (unpaired) electrons. The zero-order valence-corrected chi connectivity index (χ0v) is 14.3.